The average molecular weight is 390 g/mol. The van der Waals surface area contributed by atoms with Crippen molar-refractivity contribution >= 4 is 28.8 Å². The van der Waals surface area contributed by atoms with Gasteiger partial charge in [-0.1, -0.05) is 35.9 Å². The van der Waals surface area contributed by atoms with Crippen LogP contribution >= 0.6 is 22.9 Å². The molecule has 26 heavy (non-hydrogen) atoms. The second kappa shape index (κ2) is 8.34. The van der Waals surface area contributed by atoms with Crippen LogP contribution in [0.25, 0.3) is 0 Å². The molecule has 0 aliphatic carbocycles. The van der Waals surface area contributed by atoms with Crippen molar-refractivity contribution in [2.45, 2.75) is 13.0 Å². The van der Waals surface area contributed by atoms with E-state index >= 15 is 0 Å². The van der Waals surface area contributed by atoms with Crippen LogP contribution in [0.1, 0.15) is 22.0 Å². The molecule has 1 amide bonds. The van der Waals surface area contributed by atoms with Gasteiger partial charge in [-0.25, -0.2) is 4.39 Å². The standard InChI is InChI=1S/C20H17ClFNO2S/c1-13-4-9-16(21)17(11-13)25-12-19(24)23-20(18-3-2-10-26-18)14-5-7-15(22)8-6-14/h2-11,20H,12H2,1H3,(H,23,24)/t20-/m1/s1. The van der Waals surface area contributed by atoms with E-state index in [1.165, 1.54) is 23.5 Å². The lowest BCUT2D eigenvalue weighted by atomic mass is 10.1. The van der Waals surface area contributed by atoms with Crippen molar-refractivity contribution in [3.05, 3.63) is 86.8 Å². The highest BCUT2D eigenvalue weighted by Gasteiger charge is 2.18. The maximum absolute atomic E-state index is 13.2. The van der Waals surface area contributed by atoms with Gasteiger partial charge in [-0.05, 0) is 53.8 Å². The van der Waals surface area contributed by atoms with E-state index in [2.05, 4.69) is 5.32 Å². The highest BCUT2D eigenvalue weighted by atomic mass is 35.5. The Morgan fingerprint density at radius 2 is 2.00 bits per heavy atom. The predicted octanol–water partition coefficient (Wildman–Crippen LogP) is 5.13. The van der Waals surface area contributed by atoms with Crippen molar-refractivity contribution in [3.8, 4) is 5.75 Å². The number of carbonyl (C=O) groups excluding carboxylic acids is 1. The van der Waals surface area contributed by atoms with E-state index in [9.17, 15) is 9.18 Å². The SMILES string of the molecule is Cc1ccc(Cl)c(OCC(=O)N[C@H](c2ccc(F)cc2)c2cccs2)c1. The fourth-order valence-corrected chi connectivity index (χ4v) is 3.47. The zero-order chi connectivity index (χ0) is 18.5. The number of aryl methyl sites for hydroxylation is 1. The quantitative estimate of drug-likeness (QED) is 0.634. The summed E-state index contributed by atoms with van der Waals surface area (Å²) in [6.45, 7) is 1.76. The molecule has 0 spiro atoms. The first-order valence-electron chi connectivity index (χ1n) is 8.00. The summed E-state index contributed by atoms with van der Waals surface area (Å²) in [5.41, 5.74) is 1.79. The number of halogens is 2. The van der Waals surface area contributed by atoms with E-state index in [0.717, 1.165) is 16.0 Å². The lowest BCUT2D eigenvalue weighted by Gasteiger charge is -2.18. The number of rotatable bonds is 6. The number of amides is 1. The fourth-order valence-electron chi connectivity index (χ4n) is 2.50. The normalized spacial score (nSPS) is 11.8. The summed E-state index contributed by atoms with van der Waals surface area (Å²) in [6.07, 6.45) is 0. The third-order valence-electron chi connectivity index (χ3n) is 3.78. The maximum atomic E-state index is 13.2. The van der Waals surface area contributed by atoms with Crippen LogP contribution in [-0.2, 0) is 4.79 Å². The zero-order valence-electron chi connectivity index (χ0n) is 14.0. The Hall–Kier alpha value is -2.37. The summed E-state index contributed by atoms with van der Waals surface area (Å²) in [7, 11) is 0. The summed E-state index contributed by atoms with van der Waals surface area (Å²) in [6, 6.07) is 15.0. The zero-order valence-corrected chi connectivity index (χ0v) is 15.6. The van der Waals surface area contributed by atoms with Crippen LogP contribution in [-0.4, -0.2) is 12.5 Å². The number of hydrogen-bond donors (Lipinski definition) is 1. The Kier molecular flexibility index (Phi) is 5.91. The van der Waals surface area contributed by atoms with Gasteiger partial charge < -0.3 is 10.1 Å². The van der Waals surface area contributed by atoms with Crippen molar-refractivity contribution in [3.63, 3.8) is 0 Å². The van der Waals surface area contributed by atoms with Crippen molar-refractivity contribution in [2.75, 3.05) is 6.61 Å². The van der Waals surface area contributed by atoms with Gasteiger partial charge >= 0.3 is 0 Å². The Balaban J connectivity index is 1.71. The molecule has 0 aliphatic heterocycles. The molecule has 0 bridgehead atoms. The molecule has 0 aliphatic rings. The van der Waals surface area contributed by atoms with E-state index in [4.69, 9.17) is 16.3 Å². The summed E-state index contributed by atoms with van der Waals surface area (Å²) in [5.74, 6) is -0.135. The van der Waals surface area contributed by atoms with Gasteiger partial charge in [0, 0.05) is 4.88 Å². The molecule has 1 N–H and O–H groups in total. The first-order valence-corrected chi connectivity index (χ1v) is 9.26. The largest absolute Gasteiger partial charge is 0.482 e. The summed E-state index contributed by atoms with van der Waals surface area (Å²) in [5, 5.41) is 5.33. The molecule has 6 heteroatoms. The van der Waals surface area contributed by atoms with E-state index in [-0.39, 0.29) is 24.4 Å². The first kappa shape index (κ1) is 18.4. The van der Waals surface area contributed by atoms with Crippen LogP contribution in [0.2, 0.25) is 5.02 Å². The number of carbonyl (C=O) groups is 1. The Morgan fingerprint density at radius 3 is 2.69 bits per heavy atom. The van der Waals surface area contributed by atoms with E-state index < -0.39 is 0 Å². The summed E-state index contributed by atoms with van der Waals surface area (Å²) >= 11 is 7.61. The van der Waals surface area contributed by atoms with E-state index in [1.54, 1.807) is 24.3 Å². The molecule has 0 unspecified atom stereocenters. The molecule has 0 radical (unpaired) electrons. The molecule has 0 saturated heterocycles. The van der Waals surface area contributed by atoms with Gasteiger partial charge in [-0.15, -0.1) is 11.3 Å². The fraction of sp³-hybridized carbons (Fsp3) is 0.150. The number of hydrogen-bond acceptors (Lipinski definition) is 3. The molecule has 3 rings (SSSR count). The minimum Gasteiger partial charge on any atom is -0.482 e. The van der Waals surface area contributed by atoms with Crippen LogP contribution in [0, 0.1) is 12.7 Å². The topological polar surface area (TPSA) is 38.3 Å². The van der Waals surface area contributed by atoms with Gasteiger partial charge in [-0.3, -0.25) is 4.79 Å². The molecule has 0 fully saturated rings. The van der Waals surface area contributed by atoms with Crippen molar-refractivity contribution in [1.29, 1.82) is 0 Å². The van der Waals surface area contributed by atoms with Crippen LogP contribution in [0.3, 0.4) is 0 Å². The van der Waals surface area contributed by atoms with Gasteiger partial charge in [0.2, 0.25) is 0 Å². The van der Waals surface area contributed by atoms with Gasteiger partial charge in [0.1, 0.15) is 11.6 Å². The van der Waals surface area contributed by atoms with Crippen LogP contribution < -0.4 is 10.1 Å². The lowest BCUT2D eigenvalue weighted by molar-refractivity contribution is -0.123. The molecule has 1 aromatic heterocycles. The molecule has 2 aromatic carbocycles. The molecular weight excluding hydrogens is 373 g/mol. The molecule has 1 heterocycles. The number of benzene rings is 2. The van der Waals surface area contributed by atoms with Gasteiger partial charge in [0.05, 0.1) is 11.1 Å². The molecule has 0 saturated carbocycles. The van der Waals surface area contributed by atoms with Crippen LogP contribution in [0.4, 0.5) is 4.39 Å². The number of ether oxygens (including phenoxy) is 1. The number of nitrogens with one attached hydrogen (secondary N) is 1. The second-order valence-corrected chi connectivity index (χ2v) is 7.18. The second-order valence-electron chi connectivity index (χ2n) is 5.79. The highest BCUT2D eigenvalue weighted by molar-refractivity contribution is 7.10. The molecule has 3 aromatic rings. The first-order chi connectivity index (χ1) is 12.5. The summed E-state index contributed by atoms with van der Waals surface area (Å²) < 4.78 is 18.8. The Labute approximate surface area is 160 Å². The molecule has 3 nitrogen and oxygen atoms in total. The monoisotopic (exact) mass is 389 g/mol. The van der Waals surface area contributed by atoms with Gasteiger partial charge in [0.25, 0.3) is 5.91 Å². The molecular formula is C20H17ClFNO2S. The van der Waals surface area contributed by atoms with Gasteiger partial charge in [-0.2, -0.15) is 0 Å². The average Bonchev–Trinajstić information content (AvgIpc) is 3.16. The Morgan fingerprint density at radius 1 is 1.23 bits per heavy atom. The third-order valence-corrected chi connectivity index (χ3v) is 5.03. The maximum Gasteiger partial charge on any atom is 0.258 e. The van der Waals surface area contributed by atoms with Crippen molar-refractivity contribution < 1.29 is 13.9 Å². The third kappa shape index (κ3) is 4.62. The van der Waals surface area contributed by atoms with Crippen molar-refractivity contribution in [2.24, 2.45) is 0 Å². The van der Waals surface area contributed by atoms with Crippen LogP contribution in [0.5, 0.6) is 5.75 Å². The smallest absolute Gasteiger partial charge is 0.258 e. The predicted molar refractivity (Wildman–Crippen MR) is 102 cm³/mol. The van der Waals surface area contributed by atoms with E-state index in [1.807, 2.05) is 30.5 Å². The van der Waals surface area contributed by atoms with Gasteiger partial charge in [0.15, 0.2) is 6.61 Å². The van der Waals surface area contributed by atoms with Crippen molar-refractivity contribution in [1.82, 2.24) is 5.32 Å². The Bertz CT molecular complexity index is 881. The highest BCUT2D eigenvalue weighted by Crippen LogP contribution is 2.27. The van der Waals surface area contributed by atoms with Crippen LogP contribution in [0.15, 0.2) is 60.0 Å². The molecule has 1 atom stereocenters. The summed E-state index contributed by atoms with van der Waals surface area (Å²) in [4.78, 5) is 13.4. The minimum atomic E-state index is -0.361. The molecule has 134 valence electrons. The lowest BCUT2D eigenvalue weighted by Crippen LogP contribution is -2.33. The van der Waals surface area contributed by atoms with E-state index in [0.29, 0.717) is 10.8 Å². The number of thiophene rings is 1. The minimum absolute atomic E-state index is 0.160.